The third kappa shape index (κ3) is 23.6. The van der Waals surface area contributed by atoms with E-state index in [4.69, 9.17) is 4.74 Å². The predicted molar refractivity (Wildman–Crippen MR) is 167 cm³/mol. The first kappa shape index (κ1) is 41.5. The van der Waals surface area contributed by atoms with Crippen LogP contribution in [0.5, 0.6) is 0 Å². The summed E-state index contributed by atoms with van der Waals surface area (Å²) in [7, 11) is 0. The van der Waals surface area contributed by atoms with Gasteiger partial charge in [0.15, 0.2) is 0 Å². The standard InChI is InChI=1S/C24H38BrN3O4.C3H8.2C2H6/c1-7-8-9-28(16-18-11-20(25)14-26-13-18)21(29)15-27-23(31)19(10-17(2)3)12-22(30)32-24(4,5)6;1-3-2;2*1-2/h11,13-14,17,19H,7-10,12,15-16H2,1-6H3,(H,27,31);3H2,1-2H3;2*1-2H3. The molecule has 0 spiro atoms. The number of pyridine rings is 1. The minimum Gasteiger partial charge on any atom is -0.460 e. The SMILES string of the molecule is CC.CC.CCC.CCCCN(Cc1cncc(Br)c1)C(=O)CNC(=O)C(CC(=O)OC(C)(C)C)CC(C)C. The molecule has 1 aromatic rings. The summed E-state index contributed by atoms with van der Waals surface area (Å²) in [5, 5.41) is 2.75. The highest BCUT2D eigenvalue weighted by molar-refractivity contribution is 9.10. The van der Waals surface area contributed by atoms with Crippen LogP contribution in [-0.4, -0.2) is 46.4 Å². The average Bonchev–Trinajstić information content (AvgIpc) is 2.86. The van der Waals surface area contributed by atoms with E-state index in [1.807, 2.05) is 47.6 Å². The Balaban J connectivity index is -0.00000169. The van der Waals surface area contributed by atoms with Gasteiger partial charge in [0, 0.05) is 35.9 Å². The van der Waals surface area contributed by atoms with Gasteiger partial charge >= 0.3 is 5.97 Å². The van der Waals surface area contributed by atoms with Crippen LogP contribution in [0.3, 0.4) is 0 Å². The maximum absolute atomic E-state index is 12.9. The van der Waals surface area contributed by atoms with E-state index >= 15 is 0 Å². The van der Waals surface area contributed by atoms with Gasteiger partial charge in [-0.25, -0.2) is 0 Å². The summed E-state index contributed by atoms with van der Waals surface area (Å²) in [6, 6.07) is 1.93. The van der Waals surface area contributed by atoms with Gasteiger partial charge in [-0.05, 0) is 67.1 Å². The van der Waals surface area contributed by atoms with E-state index in [0.717, 1.165) is 22.9 Å². The first-order valence-electron chi connectivity index (χ1n) is 14.7. The second kappa shape index (κ2) is 25.0. The average molecular weight is 617 g/mol. The van der Waals surface area contributed by atoms with E-state index in [1.54, 1.807) is 38.1 Å². The molecule has 1 aromatic heterocycles. The van der Waals surface area contributed by atoms with Gasteiger partial charge in [0.25, 0.3) is 0 Å². The molecule has 0 aliphatic rings. The van der Waals surface area contributed by atoms with Gasteiger partial charge in [-0.3, -0.25) is 19.4 Å². The molecule has 1 heterocycles. The van der Waals surface area contributed by atoms with Crippen molar-refractivity contribution in [2.75, 3.05) is 13.1 Å². The van der Waals surface area contributed by atoms with Gasteiger partial charge in [0.2, 0.25) is 11.8 Å². The van der Waals surface area contributed by atoms with Gasteiger partial charge in [0.05, 0.1) is 13.0 Å². The zero-order chi connectivity index (χ0) is 31.0. The monoisotopic (exact) mass is 615 g/mol. The smallest absolute Gasteiger partial charge is 0.307 e. The summed E-state index contributed by atoms with van der Waals surface area (Å²) in [5.74, 6) is -1.16. The number of aromatic nitrogens is 1. The fourth-order valence-corrected chi connectivity index (χ4v) is 3.67. The van der Waals surface area contributed by atoms with Crippen LogP contribution in [0.25, 0.3) is 0 Å². The van der Waals surface area contributed by atoms with E-state index in [9.17, 15) is 14.4 Å². The van der Waals surface area contributed by atoms with Gasteiger partial charge < -0.3 is 15.0 Å². The Morgan fingerprint density at radius 1 is 1.05 bits per heavy atom. The minimum absolute atomic E-state index is 0.00126. The first-order chi connectivity index (χ1) is 18.3. The Labute approximate surface area is 248 Å². The largest absolute Gasteiger partial charge is 0.460 e. The molecule has 2 amide bonds. The van der Waals surface area contributed by atoms with Crippen molar-refractivity contribution in [1.82, 2.24) is 15.2 Å². The van der Waals surface area contributed by atoms with Crippen LogP contribution in [0.1, 0.15) is 121 Å². The molecular formula is C31H58BrN3O4. The summed E-state index contributed by atoms with van der Waals surface area (Å²) < 4.78 is 6.23. The molecule has 1 atom stereocenters. The molecular weight excluding hydrogens is 558 g/mol. The van der Waals surface area contributed by atoms with E-state index in [2.05, 4.69) is 47.0 Å². The highest BCUT2D eigenvalue weighted by Crippen LogP contribution is 2.19. The maximum atomic E-state index is 12.9. The maximum Gasteiger partial charge on any atom is 0.307 e. The van der Waals surface area contributed by atoms with Crippen molar-refractivity contribution < 1.29 is 19.1 Å². The van der Waals surface area contributed by atoms with Crippen LogP contribution in [0.2, 0.25) is 0 Å². The normalized spacial score (nSPS) is 10.9. The van der Waals surface area contributed by atoms with Crippen molar-refractivity contribution in [3.8, 4) is 0 Å². The van der Waals surface area contributed by atoms with Crippen LogP contribution in [-0.2, 0) is 25.7 Å². The summed E-state index contributed by atoms with van der Waals surface area (Å²) in [6.07, 6.45) is 7.05. The number of carbonyl (C=O) groups excluding carboxylic acids is 3. The fraction of sp³-hybridized carbons (Fsp3) is 0.742. The summed E-state index contributed by atoms with van der Waals surface area (Å²) in [5.41, 5.74) is 0.310. The van der Waals surface area contributed by atoms with E-state index < -0.39 is 17.5 Å². The summed E-state index contributed by atoms with van der Waals surface area (Å²) in [4.78, 5) is 43.9. The number of esters is 1. The lowest BCUT2D eigenvalue weighted by molar-refractivity contribution is -0.157. The van der Waals surface area contributed by atoms with E-state index in [-0.39, 0.29) is 30.7 Å². The molecule has 39 heavy (non-hydrogen) atoms. The minimum atomic E-state index is -0.604. The van der Waals surface area contributed by atoms with Crippen LogP contribution in [0.4, 0.5) is 0 Å². The lowest BCUT2D eigenvalue weighted by atomic mass is 9.93. The Kier molecular flexibility index (Phi) is 26.7. The Bertz CT molecular complexity index is 779. The highest BCUT2D eigenvalue weighted by atomic mass is 79.9. The lowest BCUT2D eigenvalue weighted by Gasteiger charge is -2.25. The zero-order valence-electron chi connectivity index (χ0n) is 26.9. The van der Waals surface area contributed by atoms with Crippen molar-refractivity contribution in [3.05, 3.63) is 28.5 Å². The number of nitrogens with one attached hydrogen (secondary N) is 1. The molecule has 7 nitrogen and oxygen atoms in total. The quantitative estimate of drug-likeness (QED) is 0.241. The number of unbranched alkanes of at least 4 members (excludes halogenated alkanes) is 1. The lowest BCUT2D eigenvalue weighted by Crippen LogP contribution is -2.43. The van der Waals surface area contributed by atoms with Crippen LogP contribution in [0, 0.1) is 11.8 Å². The molecule has 1 unspecified atom stereocenters. The number of ether oxygens (including phenoxy) is 1. The molecule has 0 aromatic carbocycles. The number of amides is 2. The van der Waals surface area contributed by atoms with Crippen molar-refractivity contribution in [1.29, 1.82) is 0 Å². The zero-order valence-corrected chi connectivity index (χ0v) is 28.5. The molecule has 0 saturated carbocycles. The number of carbonyl (C=O) groups is 3. The fourth-order valence-electron chi connectivity index (χ4n) is 3.26. The van der Waals surface area contributed by atoms with Crippen LogP contribution in [0.15, 0.2) is 22.9 Å². The molecule has 0 radical (unpaired) electrons. The second-order valence-corrected chi connectivity index (χ2v) is 11.1. The third-order valence-corrected chi connectivity index (χ3v) is 5.08. The van der Waals surface area contributed by atoms with Crippen LogP contribution < -0.4 is 5.32 Å². The van der Waals surface area contributed by atoms with Crippen molar-refractivity contribution in [2.24, 2.45) is 11.8 Å². The Morgan fingerprint density at radius 3 is 2.08 bits per heavy atom. The topological polar surface area (TPSA) is 88.6 Å². The summed E-state index contributed by atoms with van der Waals surface area (Å²) >= 11 is 3.40. The van der Waals surface area contributed by atoms with Gasteiger partial charge in [-0.15, -0.1) is 0 Å². The number of rotatable bonds is 12. The number of hydrogen-bond donors (Lipinski definition) is 1. The molecule has 0 saturated heterocycles. The van der Waals surface area contributed by atoms with E-state index in [0.29, 0.717) is 19.5 Å². The number of halogens is 1. The van der Waals surface area contributed by atoms with Gasteiger partial charge in [-0.2, -0.15) is 0 Å². The number of hydrogen-bond acceptors (Lipinski definition) is 5. The van der Waals surface area contributed by atoms with Gasteiger partial charge in [0.1, 0.15) is 5.60 Å². The number of nitrogens with zero attached hydrogens (tertiary/aromatic N) is 2. The third-order valence-electron chi connectivity index (χ3n) is 4.64. The Morgan fingerprint density at radius 2 is 1.62 bits per heavy atom. The highest BCUT2D eigenvalue weighted by Gasteiger charge is 2.27. The molecule has 0 bridgehead atoms. The van der Waals surface area contributed by atoms with Crippen molar-refractivity contribution in [3.63, 3.8) is 0 Å². The summed E-state index contributed by atoms with van der Waals surface area (Å²) in [6.45, 7) is 24.6. The van der Waals surface area contributed by atoms with E-state index in [1.165, 1.54) is 6.42 Å². The molecule has 0 aliphatic heterocycles. The predicted octanol–water partition coefficient (Wildman–Crippen LogP) is 7.95. The van der Waals surface area contributed by atoms with Gasteiger partial charge in [-0.1, -0.05) is 75.2 Å². The molecule has 1 rings (SSSR count). The Hall–Kier alpha value is -1.96. The van der Waals surface area contributed by atoms with Crippen molar-refractivity contribution >= 4 is 33.7 Å². The molecule has 0 aliphatic carbocycles. The second-order valence-electron chi connectivity index (χ2n) is 10.2. The first-order valence-corrected chi connectivity index (χ1v) is 15.5. The van der Waals surface area contributed by atoms with Crippen molar-refractivity contribution in [2.45, 2.75) is 127 Å². The molecule has 228 valence electrons. The van der Waals surface area contributed by atoms with Crippen LogP contribution >= 0.6 is 15.9 Å². The molecule has 1 N–H and O–H groups in total. The molecule has 0 fully saturated rings. The molecule has 8 heteroatoms.